The van der Waals surface area contributed by atoms with E-state index in [0.29, 0.717) is 5.75 Å². The second kappa shape index (κ2) is 9.56. The summed E-state index contributed by atoms with van der Waals surface area (Å²) in [5, 5.41) is 0. The van der Waals surface area contributed by atoms with Crippen molar-refractivity contribution in [3.05, 3.63) is 40.9 Å². The summed E-state index contributed by atoms with van der Waals surface area (Å²) in [4.78, 5) is 33.7. The topological polar surface area (TPSA) is 93.7 Å². The lowest BCUT2D eigenvalue weighted by molar-refractivity contribution is -0.137. The van der Waals surface area contributed by atoms with Crippen LogP contribution in [-0.2, 0) is 19.1 Å². The molecular weight excluding hydrogens is 356 g/mol. The summed E-state index contributed by atoms with van der Waals surface area (Å²) >= 11 is 3.28. The van der Waals surface area contributed by atoms with Crippen LogP contribution in [0.4, 0.5) is 0 Å². The third-order valence-corrected chi connectivity index (χ3v) is 2.69. The summed E-state index contributed by atoms with van der Waals surface area (Å²) in [7, 11) is 0. The van der Waals surface area contributed by atoms with Gasteiger partial charge in [0.15, 0.2) is 6.61 Å². The Labute approximate surface area is 135 Å². The molecule has 2 amide bonds. The van der Waals surface area contributed by atoms with Gasteiger partial charge in [-0.1, -0.05) is 15.9 Å². The number of amides is 2. The number of hydrazine groups is 1. The third-order valence-electron chi connectivity index (χ3n) is 2.17. The molecule has 22 heavy (non-hydrogen) atoms. The molecule has 7 nitrogen and oxygen atoms in total. The maximum Gasteiger partial charge on any atom is 0.330 e. The van der Waals surface area contributed by atoms with Crippen molar-refractivity contribution in [3.8, 4) is 5.75 Å². The number of nitrogens with one attached hydrogen (secondary N) is 2. The van der Waals surface area contributed by atoms with Gasteiger partial charge in [-0.25, -0.2) is 4.79 Å². The molecule has 0 fully saturated rings. The van der Waals surface area contributed by atoms with Crippen LogP contribution in [0.25, 0.3) is 0 Å². The highest BCUT2D eigenvalue weighted by atomic mass is 79.9. The van der Waals surface area contributed by atoms with E-state index in [2.05, 4.69) is 31.5 Å². The molecule has 8 heteroatoms. The average molecular weight is 371 g/mol. The van der Waals surface area contributed by atoms with Crippen LogP contribution in [0.15, 0.2) is 40.9 Å². The quantitative estimate of drug-likeness (QED) is 0.444. The highest BCUT2D eigenvalue weighted by Crippen LogP contribution is 2.15. The Morgan fingerprint density at radius 1 is 1.14 bits per heavy atom. The molecule has 0 radical (unpaired) electrons. The van der Waals surface area contributed by atoms with Crippen molar-refractivity contribution in [1.29, 1.82) is 0 Å². The van der Waals surface area contributed by atoms with Gasteiger partial charge in [0.1, 0.15) is 5.75 Å². The van der Waals surface area contributed by atoms with Crippen molar-refractivity contribution in [2.75, 3.05) is 13.2 Å². The molecule has 0 aliphatic rings. The van der Waals surface area contributed by atoms with Crippen LogP contribution in [0.1, 0.15) is 6.92 Å². The monoisotopic (exact) mass is 370 g/mol. The van der Waals surface area contributed by atoms with Crippen LogP contribution in [0.5, 0.6) is 5.75 Å². The molecule has 0 aliphatic carbocycles. The lowest BCUT2D eigenvalue weighted by Crippen LogP contribution is -2.43. The molecule has 0 aliphatic heterocycles. The summed E-state index contributed by atoms with van der Waals surface area (Å²) in [6, 6.07) is 6.93. The van der Waals surface area contributed by atoms with Gasteiger partial charge in [-0.15, -0.1) is 0 Å². The second-order valence-electron chi connectivity index (χ2n) is 3.87. The molecular formula is C14H15BrN2O5. The van der Waals surface area contributed by atoms with E-state index < -0.39 is 17.8 Å². The molecule has 0 bridgehead atoms. The number of esters is 1. The second-order valence-corrected chi connectivity index (χ2v) is 4.78. The number of carbonyl (C=O) groups is 3. The number of rotatable bonds is 6. The Hall–Kier alpha value is -2.35. The molecule has 0 heterocycles. The first-order valence-corrected chi connectivity index (χ1v) is 7.12. The van der Waals surface area contributed by atoms with Crippen molar-refractivity contribution in [2.45, 2.75) is 6.92 Å². The maximum atomic E-state index is 11.5. The summed E-state index contributed by atoms with van der Waals surface area (Å²) in [6.07, 6.45) is 1.91. The number of hydrogen-bond acceptors (Lipinski definition) is 5. The molecule has 0 atom stereocenters. The van der Waals surface area contributed by atoms with E-state index in [1.807, 2.05) is 0 Å². The van der Waals surface area contributed by atoms with E-state index >= 15 is 0 Å². The highest BCUT2D eigenvalue weighted by molar-refractivity contribution is 9.10. The van der Waals surface area contributed by atoms with Gasteiger partial charge < -0.3 is 9.47 Å². The highest BCUT2D eigenvalue weighted by Gasteiger charge is 2.04. The molecule has 1 aromatic rings. The summed E-state index contributed by atoms with van der Waals surface area (Å²) in [5.74, 6) is -1.32. The van der Waals surface area contributed by atoms with Crippen molar-refractivity contribution < 1.29 is 23.9 Å². The fourth-order valence-corrected chi connectivity index (χ4v) is 1.49. The number of benzene rings is 1. The largest absolute Gasteiger partial charge is 0.484 e. The van der Waals surface area contributed by atoms with Gasteiger partial charge in [0.05, 0.1) is 6.61 Å². The van der Waals surface area contributed by atoms with E-state index in [9.17, 15) is 14.4 Å². The van der Waals surface area contributed by atoms with Crippen LogP contribution >= 0.6 is 15.9 Å². The third kappa shape index (κ3) is 7.44. The molecule has 0 spiro atoms. The molecule has 0 saturated heterocycles. The summed E-state index contributed by atoms with van der Waals surface area (Å²) in [6.45, 7) is 1.61. The van der Waals surface area contributed by atoms with Crippen LogP contribution in [-0.4, -0.2) is 31.0 Å². The van der Waals surface area contributed by atoms with Gasteiger partial charge in [-0.3, -0.25) is 20.4 Å². The van der Waals surface area contributed by atoms with Gasteiger partial charge >= 0.3 is 5.97 Å². The van der Waals surface area contributed by atoms with Crippen molar-refractivity contribution in [2.24, 2.45) is 0 Å². The number of halogens is 1. The molecule has 0 saturated carbocycles. The van der Waals surface area contributed by atoms with Crippen molar-refractivity contribution in [3.63, 3.8) is 0 Å². The minimum absolute atomic E-state index is 0.217. The van der Waals surface area contributed by atoms with E-state index in [0.717, 1.165) is 16.6 Å². The van der Waals surface area contributed by atoms with E-state index in [4.69, 9.17) is 4.74 Å². The lowest BCUT2D eigenvalue weighted by atomic mass is 10.3. The minimum Gasteiger partial charge on any atom is -0.484 e. The zero-order valence-corrected chi connectivity index (χ0v) is 13.4. The van der Waals surface area contributed by atoms with Crippen LogP contribution < -0.4 is 15.6 Å². The number of ether oxygens (including phenoxy) is 2. The SMILES string of the molecule is CCOC(=O)C=CC(=O)NNC(=O)COc1ccc(Br)cc1. The Morgan fingerprint density at radius 2 is 1.82 bits per heavy atom. The molecule has 1 aromatic carbocycles. The Morgan fingerprint density at radius 3 is 2.45 bits per heavy atom. The fraction of sp³-hybridized carbons (Fsp3) is 0.214. The Bertz CT molecular complexity index is 557. The van der Waals surface area contributed by atoms with E-state index in [1.54, 1.807) is 31.2 Å². The molecule has 118 valence electrons. The lowest BCUT2D eigenvalue weighted by Gasteiger charge is -2.07. The number of carbonyl (C=O) groups excluding carboxylic acids is 3. The summed E-state index contributed by atoms with van der Waals surface area (Å²) < 4.78 is 10.7. The van der Waals surface area contributed by atoms with E-state index in [1.165, 1.54) is 0 Å². The molecule has 0 unspecified atom stereocenters. The van der Waals surface area contributed by atoms with Crippen molar-refractivity contribution >= 4 is 33.7 Å². The predicted molar refractivity (Wildman–Crippen MR) is 81.7 cm³/mol. The maximum absolute atomic E-state index is 11.5. The molecule has 1 rings (SSSR count). The Balaban J connectivity index is 2.26. The van der Waals surface area contributed by atoms with Crippen molar-refractivity contribution in [1.82, 2.24) is 10.9 Å². The van der Waals surface area contributed by atoms with Crippen LogP contribution in [0.2, 0.25) is 0 Å². The van der Waals surface area contributed by atoms with E-state index in [-0.39, 0.29) is 13.2 Å². The summed E-state index contributed by atoms with van der Waals surface area (Å²) in [5.41, 5.74) is 4.25. The number of hydrogen-bond donors (Lipinski definition) is 2. The minimum atomic E-state index is -0.662. The zero-order chi connectivity index (χ0) is 16.4. The Kier molecular flexibility index (Phi) is 7.69. The van der Waals surface area contributed by atoms with Gasteiger partial charge in [0, 0.05) is 16.6 Å². The van der Waals surface area contributed by atoms with Gasteiger partial charge in [-0.05, 0) is 31.2 Å². The van der Waals surface area contributed by atoms with Crippen LogP contribution in [0, 0.1) is 0 Å². The first kappa shape index (κ1) is 17.7. The van der Waals surface area contributed by atoms with Gasteiger partial charge in [0.25, 0.3) is 11.8 Å². The smallest absolute Gasteiger partial charge is 0.330 e. The first-order chi connectivity index (χ1) is 10.5. The first-order valence-electron chi connectivity index (χ1n) is 6.33. The molecule has 0 aromatic heterocycles. The average Bonchev–Trinajstić information content (AvgIpc) is 2.50. The van der Waals surface area contributed by atoms with Gasteiger partial charge in [-0.2, -0.15) is 0 Å². The standard InChI is InChI=1S/C14H15BrN2O5/c1-2-21-14(20)8-7-12(18)16-17-13(19)9-22-11-5-3-10(15)4-6-11/h3-8H,2,9H2,1H3,(H,16,18)(H,17,19). The predicted octanol–water partition coefficient (Wildman–Crippen LogP) is 1.09. The molecule has 2 N–H and O–H groups in total. The fourth-order valence-electron chi connectivity index (χ4n) is 1.22. The zero-order valence-electron chi connectivity index (χ0n) is 11.8. The van der Waals surface area contributed by atoms with Gasteiger partial charge in [0.2, 0.25) is 0 Å². The van der Waals surface area contributed by atoms with Crippen LogP contribution in [0.3, 0.4) is 0 Å². The normalized spacial score (nSPS) is 10.1.